The number of carbonyl (C=O) groups is 4. The molecule has 1 aliphatic carbocycles. The molecule has 0 saturated carbocycles. The number of rotatable bonds is 4. The quantitative estimate of drug-likeness (QED) is 0.243. The van der Waals surface area contributed by atoms with Crippen molar-refractivity contribution in [1.82, 2.24) is 0 Å². The van der Waals surface area contributed by atoms with Crippen molar-refractivity contribution in [3.8, 4) is 5.75 Å². The Morgan fingerprint density at radius 1 is 1.06 bits per heavy atom. The maximum atomic E-state index is 13.1. The molecule has 3 aliphatic rings. The highest BCUT2D eigenvalue weighted by molar-refractivity contribution is 6.44. The van der Waals surface area contributed by atoms with Crippen LogP contribution in [0.3, 0.4) is 0 Å². The van der Waals surface area contributed by atoms with Gasteiger partial charge in [-0.15, -0.1) is 0 Å². The van der Waals surface area contributed by atoms with E-state index in [9.17, 15) is 19.2 Å². The molecule has 5 rings (SSSR count). The lowest BCUT2D eigenvalue weighted by atomic mass is 9.78. The third-order valence-corrected chi connectivity index (χ3v) is 7.99. The normalized spacial score (nSPS) is 25.5. The van der Waals surface area contributed by atoms with Crippen molar-refractivity contribution < 1.29 is 23.9 Å². The number of hydrogen-bond acceptors (Lipinski definition) is 5. The molecule has 0 bridgehead atoms. The Kier molecular flexibility index (Phi) is 6.39. The molecule has 2 fully saturated rings. The van der Waals surface area contributed by atoms with Gasteiger partial charge in [-0.1, -0.05) is 48.3 Å². The minimum Gasteiger partial charge on any atom is -0.426 e. The van der Waals surface area contributed by atoms with E-state index in [1.165, 1.54) is 9.80 Å². The van der Waals surface area contributed by atoms with Gasteiger partial charge in [0.05, 0.1) is 39.2 Å². The van der Waals surface area contributed by atoms with Crippen LogP contribution in [0.5, 0.6) is 5.75 Å². The highest BCUT2D eigenvalue weighted by atomic mass is 35.5. The predicted molar refractivity (Wildman–Crippen MR) is 136 cm³/mol. The Bertz CT molecular complexity index is 1320. The first-order valence-corrected chi connectivity index (χ1v) is 12.5. The molecule has 0 unspecified atom stereocenters. The first-order valence-electron chi connectivity index (χ1n) is 11.8. The highest BCUT2D eigenvalue weighted by Gasteiger charge is 2.50. The van der Waals surface area contributed by atoms with Gasteiger partial charge in [-0.05, 0) is 55.2 Å². The fraction of sp³-hybridized carbons (Fsp3) is 0.333. The van der Waals surface area contributed by atoms with Crippen molar-refractivity contribution in [2.75, 3.05) is 16.3 Å². The third-order valence-electron chi connectivity index (χ3n) is 7.18. The van der Waals surface area contributed by atoms with Crippen LogP contribution >= 0.6 is 23.2 Å². The standard InChI is InChI=1S/C27H24Cl2N2O5/c1-14-5-3-6-18-23(14)26(34)31(25(18)33)20-10-9-17(11-15(20)2)36-27(35)16-12-22(32)30(13-16)21-8-4-7-19(28)24(21)29/h3-5,7-11,14,16,18,23H,6,12-13H2,1-2H3/t14-,16-,18-,23-/m1/s1. The fourth-order valence-electron chi connectivity index (χ4n) is 5.33. The number of imide groups is 1. The Morgan fingerprint density at radius 2 is 1.83 bits per heavy atom. The molecule has 2 heterocycles. The molecule has 0 spiro atoms. The second-order valence-corrected chi connectivity index (χ2v) is 10.3. The summed E-state index contributed by atoms with van der Waals surface area (Å²) in [4.78, 5) is 54.3. The number of carbonyl (C=O) groups excluding carboxylic acids is 4. The second-order valence-electron chi connectivity index (χ2n) is 9.51. The monoisotopic (exact) mass is 526 g/mol. The number of amides is 3. The lowest BCUT2D eigenvalue weighted by molar-refractivity contribution is -0.139. The zero-order valence-electron chi connectivity index (χ0n) is 19.7. The zero-order chi connectivity index (χ0) is 25.7. The van der Waals surface area contributed by atoms with Crippen LogP contribution in [0.4, 0.5) is 11.4 Å². The Hall–Kier alpha value is -3.16. The molecule has 2 saturated heterocycles. The van der Waals surface area contributed by atoms with Gasteiger partial charge in [0.2, 0.25) is 17.7 Å². The van der Waals surface area contributed by atoms with Gasteiger partial charge in [0, 0.05) is 13.0 Å². The molecule has 7 nitrogen and oxygen atoms in total. The summed E-state index contributed by atoms with van der Waals surface area (Å²) in [6.07, 6.45) is 4.50. The number of allylic oxidation sites excluding steroid dienone is 2. The molecule has 0 N–H and O–H groups in total. The molecule has 2 aromatic rings. The number of hydrogen-bond donors (Lipinski definition) is 0. The van der Waals surface area contributed by atoms with Crippen molar-refractivity contribution in [2.24, 2.45) is 23.7 Å². The van der Waals surface area contributed by atoms with Crippen LogP contribution in [0.1, 0.15) is 25.3 Å². The lowest BCUT2D eigenvalue weighted by Crippen LogP contribution is -2.32. The van der Waals surface area contributed by atoms with Crippen molar-refractivity contribution in [3.05, 3.63) is 64.2 Å². The van der Waals surface area contributed by atoms with Crippen LogP contribution in [-0.2, 0) is 19.2 Å². The molecular weight excluding hydrogens is 503 g/mol. The minimum atomic E-state index is -0.675. The van der Waals surface area contributed by atoms with Gasteiger partial charge in [0.1, 0.15) is 5.75 Å². The fourth-order valence-corrected chi connectivity index (χ4v) is 5.72. The van der Waals surface area contributed by atoms with E-state index in [0.29, 0.717) is 28.4 Å². The van der Waals surface area contributed by atoms with E-state index in [4.69, 9.17) is 27.9 Å². The van der Waals surface area contributed by atoms with Gasteiger partial charge in [0.15, 0.2) is 0 Å². The number of nitrogens with zero attached hydrogens (tertiary/aromatic N) is 2. The summed E-state index contributed by atoms with van der Waals surface area (Å²) in [5, 5.41) is 0.576. The summed E-state index contributed by atoms with van der Waals surface area (Å²) in [6.45, 7) is 3.84. The average Bonchev–Trinajstić information content (AvgIpc) is 3.34. The molecule has 2 aromatic carbocycles. The van der Waals surface area contributed by atoms with Gasteiger partial charge in [-0.3, -0.25) is 19.2 Å². The van der Waals surface area contributed by atoms with E-state index < -0.39 is 11.9 Å². The van der Waals surface area contributed by atoms with E-state index in [2.05, 4.69) is 0 Å². The Morgan fingerprint density at radius 3 is 2.56 bits per heavy atom. The molecule has 4 atom stereocenters. The third kappa shape index (κ3) is 4.10. The Balaban J connectivity index is 1.30. The summed E-state index contributed by atoms with van der Waals surface area (Å²) in [5.74, 6) is -2.27. The van der Waals surface area contributed by atoms with E-state index in [1.807, 2.05) is 19.1 Å². The van der Waals surface area contributed by atoms with Crippen LogP contribution in [0.2, 0.25) is 10.0 Å². The number of anilines is 2. The van der Waals surface area contributed by atoms with Gasteiger partial charge >= 0.3 is 5.97 Å². The molecule has 0 radical (unpaired) electrons. The lowest BCUT2D eigenvalue weighted by Gasteiger charge is -2.22. The smallest absolute Gasteiger partial charge is 0.316 e. The van der Waals surface area contributed by atoms with Crippen LogP contribution in [0, 0.1) is 30.6 Å². The van der Waals surface area contributed by atoms with Crippen LogP contribution < -0.4 is 14.5 Å². The van der Waals surface area contributed by atoms with E-state index in [0.717, 1.165) is 0 Å². The first kappa shape index (κ1) is 24.5. The molecule has 3 amide bonds. The van der Waals surface area contributed by atoms with Crippen LogP contribution in [0.15, 0.2) is 48.6 Å². The van der Waals surface area contributed by atoms with Crippen molar-refractivity contribution >= 4 is 58.3 Å². The number of ether oxygens (including phenoxy) is 1. The van der Waals surface area contributed by atoms with E-state index in [1.54, 1.807) is 43.3 Å². The molecule has 186 valence electrons. The van der Waals surface area contributed by atoms with E-state index >= 15 is 0 Å². The number of halogens is 2. The molecule has 2 aliphatic heterocycles. The van der Waals surface area contributed by atoms with E-state index in [-0.39, 0.29) is 59.2 Å². The summed E-state index contributed by atoms with van der Waals surface area (Å²) >= 11 is 12.3. The summed E-state index contributed by atoms with van der Waals surface area (Å²) in [7, 11) is 0. The number of fused-ring (bicyclic) bond motifs is 1. The molecule has 0 aromatic heterocycles. The van der Waals surface area contributed by atoms with Gasteiger partial charge in [-0.25, -0.2) is 4.90 Å². The SMILES string of the molecule is Cc1cc(OC(=O)[C@@H]2CC(=O)N(c3cccc(Cl)c3Cl)C2)ccc1N1C(=O)[C@@H]2[C@H](C)C=CC[C@H]2C1=O. The van der Waals surface area contributed by atoms with Gasteiger partial charge < -0.3 is 9.64 Å². The van der Waals surface area contributed by atoms with Crippen LogP contribution in [-0.4, -0.2) is 30.2 Å². The van der Waals surface area contributed by atoms with Gasteiger partial charge in [0.25, 0.3) is 0 Å². The number of aryl methyl sites for hydroxylation is 1. The summed E-state index contributed by atoms with van der Waals surface area (Å²) in [6, 6.07) is 9.80. The molecule has 9 heteroatoms. The summed E-state index contributed by atoms with van der Waals surface area (Å²) in [5.41, 5.74) is 1.58. The van der Waals surface area contributed by atoms with Crippen LogP contribution in [0.25, 0.3) is 0 Å². The Labute approximate surface area is 218 Å². The zero-order valence-corrected chi connectivity index (χ0v) is 21.3. The second kappa shape index (κ2) is 9.37. The number of benzene rings is 2. The van der Waals surface area contributed by atoms with Gasteiger partial charge in [-0.2, -0.15) is 0 Å². The largest absolute Gasteiger partial charge is 0.426 e. The van der Waals surface area contributed by atoms with Crippen molar-refractivity contribution in [3.63, 3.8) is 0 Å². The van der Waals surface area contributed by atoms with Crippen molar-refractivity contribution in [2.45, 2.75) is 26.7 Å². The topological polar surface area (TPSA) is 84.0 Å². The maximum Gasteiger partial charge on any atom is 0.316 e. The first-order chi connectivity index (χ1) is 17.2. The highest BCUT2D eigenvalue weighted by Crippen LogP contribution is 2.42. The number of esters is 1. The minimum absolute atomic E-state index is 0.00112. The molecule has 36 heavy (non-hydrogen) atoms. The average molecular weight is 527 g/mol. The molecular formula is C27H24Cl2N2O5. The van der Waals surface area contributed by atoms with Crippen molar-refractivity contribution in [1.29, 1.82) is 0 Å². The predicted octanol–water partition coefficient (Wildman–Crippen LogP) is 4.96. The maximum absolute atomic E-state index is 13.1. The summed E-state index contributed by atoms with van der Waals surface area (Å²) < 4.78 is 5.57.